The van der Waals surface area contributed by atoms with Gasteiger partial charge in [0, 0.05) is 17.4 Å². The summed E-state index contributed by atoms with van der Waals surface area (Å²) in [5.74, 6) is 0. The molecule has 0 atom stereocenters. The van der Waals surface area contributed by atoms with Crippen LogP contribution in [0.25, 0.3) is 11.0 Å². The Hall–Kier alpha value is -2.23. The summed E-state index contributed by atoms with van der Waals surface area (Å²) in [4.78, 5) is 0. The number of hydrogen-bond donors (Lipinski definition) is 0. The average Bonchev–Trinajstić information content (AvgIpc) is 2.82. The third kappa shape index (κ3) is 2.41. The Labute approximate surface area is 113 Å². The fourth-order valence-corrected chi connectivity index (χ4v) is 2.21. The van der Waals surface area contributed by atoms with Crippen molar-refractivity contribution in [2.45, 2.75) is 12.6 Å². The van der Waals surface area contributed by atoms with Crippen LogP contribution in [0.15, 0.2) is 59.2 Å². The molecule has 0 unspecified atom stereocenters. The summed E-state index contributed by atoms with van der Waals surface area (Å²) >= 11 is 0. The Balaban J connectivity index is 2.03. The van der Waals surface area contributed by atoms with Gasteiger partial charge in [0.05, 0.1) is 11.8 Å². The lowest BCUT2D eigenvalue weighted by Gasteiger charge is -2.06. The molecule has 0 N–H and O–H groups in total. The van der Waals surface area contributed by atoms with Crippen LogP contribution >= 0.6 is 0 Å². The Morgan fingerprint density at radius 1 is 0.950 bits per heavy atom. The van der Waals surface area contributed by atoms with Crippen molar-refractivity contribution in [3.63, 3.8) is 0 Å². The fourth-order valence-electron chi connectivity index (χ4n) is 2.21. The summed E-state index contributed by atoms with van der Waals surface area (Å²) in [5.41, 5.74) is 1.62. The molecule has 1 heterocycles. The summed E-state index contributed by atoms with van der Waals surface area (Å²) in [6, 6.07) is 13.1. The van der Waals surface area contributed by atoms with Gasteiger partial charge in [-0.05, 0) is 23.8 Å². The molecule has 4 heteroatoms. The SMILES string of the molecule is FC(F)(F)c1ccc2occ(Cc3ccccc3)c2c1. The van der Waals surface area contributed by atoms with E-state index in [9.17, 15) is 13.2 Å². The quantitative estimate of drug-likeness (QED) is 0.639. The molecule has 1 nitrogen and oxygen atoms in total. The highest BCUT2D eigenvalue weighted by Crippen LogP contribution is 2.33. The molecular formula is C16H11F3O. The molecule has 0 bridgehead atoms. The molecule has 0 aliphatic carbocycles. The minimum absolute atomic E-state index is 0.476. The largest absolute Gasteiger partial charge is 0.464 e. The van der Waals surface area contributed by atoms with Gasteiger partial charge in [0.15, 0.2) is 0 Å². The van der Waals surface area contributed by atoms with Gasteiger partial charge in [-0.25, -0.2) is 0 Å². The zero-order valence-electron chi connectivity index (χ0n) is 10.4. The van der Waals surface area contributed by atoms with Crippen LogP contribution in [0, 0.1) is 0 Å². The van der Waals surface area contributed by atoms with E-state index in [0.717, 1.165) is 23.3 Å². The highest BCUT2D eigenvalue weighted by atomic mass is 19.4. The zero-order valence-corrected chi connectivity index (χ0v) is 10.4. The minimum Gasteiger partial charge on any atom is -0.464 e. The third-order valence-corrected chi connectivity index (χ3v) is 3.22. The fraction of sp³-hybridized carbons (Fsp3) is 0.125. The Morgan fingerprint density at radius 3 is 2.40 bits per heavy atom. The van der Waals surface area contributed by atoms with Crippen LogP contribution in [0.3, 0.4) is 0 Å². The Bertz CT molecular complexity index is 726. The van der Waals surface area contributed by atoms with Crippen LogP contribution in [-0.2, 0) is 12.6 Å². The van der Waals surface area contributed by atoms with E-state index in [1.165, 1.54) is 12.3 Å². The maximum Gasteiger partial charge on any atom is 0.416 e. The van der Waals surface area contributed by atoms with Gasteiger partial charge in [-0.1, -0.05) is 30.3 Å². The molecule has 0 aliphatic heterocycles. The molecule has 102 valence electrons. The Morgan fingerprint density at radius 2 is 1.70 bits per heavy atom. The predicted molar refractivity (Wildman–Crippen MR) is 70.5 cm³/mol. The van der Waals surface area contributed by atoms with Crippen molar-refractivity contribution in [1.29, 1.82) is 0 Å². The first-order valence-electron chi connectivity index (χ1n) is 6.15. The Kier molecular flexibility index (Phi) is 3.01. The van der Waals surface area contributed by atoms with Crippen molar-refractivity contribution in [3.05, 3.63) is 71.5 Å². The van der Waals surface area contributed by atoms with Gasteiger partial charge in [-0.3, -0.25) is 0 Å². The minimum atomic E-state index is -4.34. The molecule has 3 aromatic rings. The number of fused-ring (bicyclic) bond motifs is 1. The monoisotopic (exact) mass is 276 g/mol. The molecule has 2 aromatic carbocycles. The van der Waals surface area contributed by atoms with Gasteiger partial charge < -0.3 is 4.42 Å². The number of alkyl halides is 3. The number of halogens is 3. The van der Waals surface area contributed by atoms with Crippen molar-refractivity contribution < 1.29 is 17.6 Å². The lowest BCUT2D eigenvalue weighted by atomic mass is 10.0. The first-order valence-corrected chi connectivity index (χ1v) is 6.15. The first-order chi connectivity index (χ1) is 9.54. The summed E-state index contributed by atoms with van der Waals surface area (Å²) in [7, 11) is 0. The van der Waals surface area contributed by atoms with E-state index in [-0.39, 0.29) is 0 Å². The van der Waals surface area contributed by atoms with Crippen LogP contribution < -0.4 is 0 Å². The van der Waals surface area contributed by atoms with Gasteiger partial charge in [-0.2, -0.15) is 13.2 Å². The van der Waals surface area contributed by atoms with Gasteiger partial charge in [0.1, 0.15) is 5.58 Å². The standard InChI is InChI=1S/C16H11F3O/c17-16(18,19)13-6-7-15-14(9-13)12(10-20-15)8-11-4-2-1-3-5-11/h1-7,9-10H,8H2. The zero-order chi connectivity index (χ0) is 14.2. The number of furan rings is 1. The molecule has 20 heavy (non-hydrogen) atoms. The second-order valence-corrected chi connectivity index (χ2v) is 4.63. The van der Waals surface area contributed by atoms with E-state index in [1.807, 2.05) is 30.3 Å². The summed E-state index contributed by atoms with van der Waals surface area (Å²) in [6.45, 7) is 0. The molecule has 3 rings (SSSR count). The van der Waals surface area contributed by atoms with Crippen LogP contribution in [-0.4, -0.2) is 0 Å². The summed E-state index contributed by atoms with van der Waals surface area (Å²) in [5, 5.41) is 0.517. The second-order valence-electron chi connectivity index (χ2n) is 4.63. The first kappa shape index (κ1) is 12.8. The topological polar surface area (TPSA) is 13.1 Å². The van der Waals surface area contributed by atoms with Crippen LogP contribution in [0.5, 0.6) is 0 Å². The number of benzene rings is 2. The third-order valence-electron chi connectivity index (χ3n) is 3.22. The van der Waals surface area contributed by atoms with E-state index in [4.69, 9.17) is 4.42 Å². The van der Waals surface area contributed by atoms with E-state index in [0.29, 0.717) is 17.4 Å². The van der Waals surface area contributed by atoms with E-state index in [2.05, 4.69) is 0 Å². The van der Waals surface area contributed by atoms with Gasteiger partial charge in [0.2, 0.25) is 0 Å². The maximum atomic E-state index is 12.8. The van der Waals surface area contributed by atoms with E-state index < -0.39 is 11.7 Å². The van der Waals surface area contributed by atoms with Gasteiger partial charge in [0.25, 0.3) is 0 Å². The van der Waals surface area contributed by atoms with Crippen molar-refractivity contribution in [1.82, 2.24) is 0 Å². The van der Waals surface area contributed by atoms with E-state index >= 15 is 0 Å². The lowest BCUT2D eigenvalue weighted by molar-refractivity contribution is -0.137. The molecular weight excluding hydrogens is 265 g/mol. The molecule has 0 radical (unpaired) electrons. The second kappa shape index (κ2) is 4.71. The van der Waals surface area contributed by atoms with Gasteiger partial charge >= 0.3 is 6.18 Å². The van der Waals surface area contributed by atoms with Crippen molar-refractivity contribution >= 4 is 11.0 Å². The average molecular weight is 276 g/mol. The van der Waals surface area contributed by atoms with E-state index in [1.54, 1.807) is 0 Å². The van der Waals surface area contributed by atoms with Crippen molar-refractivity contribution in [3.8, 4) is 0 Å². The molecule has 0 aliphatic rings. The number of hydrogen-bond acceptors (Lipinski definition) is 1. The van der Waals surface area contributed by atoms with Crippen LogP contribution in [0.4, 0.5) is 13.2 Å². The molecule has 0 saturated heterocycles. The summed E-state index contributed by atoms with van der Waals surface area (Å²) in [6.07, 6.45) is -2.26. The predicted octanol–water partition coefficient (Wildman–Crippen LogP) is 5.04. The smallest absolute Gasteiger partial charge is 0.416 e. The maximum absolute atomic E-state index is 12.8. The highest BCUT2D eigenvalue weighted by molar-refractivity contribution is 5.82. The normalized spacial score (nSPS) is 11.9. The molecule has 0 amide bonds. The van der Waals surface area contributed by atoms with Crippen molar-refractivity contribution in [2.75, 3.05) is 0 Å². The molecule has 0 spiro atoms. The number of rotatable bonds is 2. The van der Waals surface area contributed by atoms with Gasteiger partial charge in [-0.15, -0.1) is 0 Å². The van der Waals surface area contributed by atoms with Crippen LogP contribution in [0.2, 0.25) is 0 Å². The highest BCUT2D eigenvalue weighted by Gasteiger charge is 2.30. The lowest BCUT2D eigenvalue weighted by Crippen LogP contribution is -2.04. The van der Waals surface area contributed by atoms with Crippen molar-refractivity contribution in [2.24, 2.45) is 0 Å². The van der Waals surface area contributed by atoms with Crippen LogP contribution in [0.1, 0.15) is 16.7 Å². The molecule has 0 fully saturated rings. The summed E-state index contributed by atoms with van der Waals surface area (Å²) < 4.78 is 43.6. The molecule has 0 saturated carbocycles. The molecule has 1 aromatic heterocycles.